The number of hydrogen-bond donors (Lipinski definition) is 2. The van der Waals surface area contributed by atoms with Gasteiger partial charge in [-0.15, -0.1) is 0 Å². The highest BCUT2D eigenvalue weighted by atomic mass is 32.2. The van der Waals surface area contributed by atoms with E-state index in [1.54, 1.807) is 39.1 Å². The molecule has 0 bridgehead atoms. The van der Waals surface area contributed by atoms with Crippen LogP contribution in [0.4, 0.5) is 11.4 Å². The van der Waals surface area contributed by atoms with E-state index in [2.05, 4.69) is 10.6 Å². The first-order valence-corrected chi connectivity index (χ1v) is 10.3. The number of amides is 2. The molecule has 2 N–H and O–H groups in total. The van der Waals surface area contributed by atoms with Gasteiger partial charge in [-0.1, -0.05) is 0 Å². The number of sulfone groups is 1. The van der Waals surface area contributed by atoms with Gasteiger partial charge < -0.3 is 20.3 Å². The average molecular weight is 381 g/mol. The molecule has 8 nitrogen and oxygen atoms in total. The fraction of sp³-hybridized carbons (Fsp3) is 0.529. The van der Waals surface area contributed by atoms with Gasteiger partial charge in [0.05, 0.1) is 17.2 Å². The van der Waals surface area contributed by atoms with Crippen molar-refractivity contribution in [3.63, 3.8) is 0 Å². The number of nitrogens with one attached hydrogen (secondary N) is 2. The van der Waals surface area contributed by atoms with E-state index in [-0.39, 0.29) is 29.4 Å². The predicted octanol–water partition coefficient (Wildman–Crippen LogP) is 0.852. The Balaban J connectivity index is 1.66. The number of fused-ring (bicyclic) bond motifs is 1. The lowest BCUT2D eigenvalue weighted by Gasteiger charge is -2.28. The molecule has 2 aliphatic heterocycles. The second kappa shape index (κ2) is 6.79. The Morgan fingerprint density at radius 2 is 2.15 bits per heavy atom. The third kappa shape index (κ3) is 3.77. The Kier molecular flexibility index (Phi) is 4.83. The van der Waals surface area contributed by atoms with Crippen molar-refractivity contribution in [1.82, 2.24) is 4.90 Å². The van der Waals surface area contributed by atoms with Crippen LogP contribution in [-0.2, 0) is 19.4 Å². The van der Waals surface area contributed by atoms with Crippen molar-refractivity contribution in [3.05, 3.63) is 18.2 Å². The Morgan fingerprint density at radius 1 is 1.42 bits per heavy atom. The Labute approximate surface area is 152 Å². The largest absolute Gasteiger partial charge is 0.479 e. The Hall–Kier alpha value is -2.29. The number of hydrogen-bond acceptors (Lipinski definition) is 6. The van der Waals surface area contributed by atoms with Crippen molar-refractivity contribution in [3.8, 4) is 5.75 Å². The monoisotopic (exact) mass is 381 g/mol. The summed E-state index contributed by atoms with van der Waals surface area (Å²) in [6.07, 6.45) is -0.0734. The molecule has 2 amide bonds. The van der Waals surface area contributed by atoms with E-state index in [9.17, 15) is 18.0 Å². The molecule has 0 aromatic heterocycles. The summed E-state index contributed by atoms with van der Waals surface area (Å²) in [5.41, 5.74) is 1.21. The number of rotatable bonds is 4. The highest BCUT2D eigenvalue weighted by Crippen LogP contribution is 2.32. The minimum Gasteiger partial charge on any atom is -0.479 e. The molecule has 1 aromatic rings. The number of anilines is 2. The fourth-order valence-corrected chi connectivity index (χ4v) is 4.95. The summed E-state index contributed by atoms with van der Waals surface area (Å²) in [5, 5.41) is 5.86. The maximum absolute atomic E-state index is 12.6. The third-order valence-electron chi connectivity index (χ3n) is 4.77. The molecule has 3 unspecified atom stereocenters. The number of carbonyl (C=O) groups excluding carboxylic acids is 2. The van der Waals surface area contributed by atoms with Gasteiger partial charge in [-0.3, -0.25) is 9.59 Å². The van der Waals surface area contributed by atoms with Crippen LogP contribution in [0.15, 0.2) is 18.2 Å². The van der Waals surface area contributed by atoms with E-state index in [4.69, 9.17) is 4.74 Å². The maximum atomic E-state index is 12.6. The predicted molar refractivity (Wildman–Crippen MR) is 98.1 cm³/mol. The average Bonchev–Trinajstić information content (AvgIpc) is 2.94. The third-order valence-corrected chi connectivity index (χ3v) is 6.52. The second-order valence-corrected chi connectivity index (χ2v) is 9.06. The van der Waals surface area contributed by atoms with Gasteiger partial charge >= 0.3 is 0 Å². The number of likely N-dealkylation sites (N-methyl/N-ethyl adjacent to an activating group) is 1. The highest BCUT2D eigenvalue weighted by molar-refractivity contribution is 7.91. The summed E-state index contributed by atoms with van der Waals surface area (Å²) < 4.78 is 28.7. The molecule has 1 fully saturated rings. The van der Waals surface area contributed by atoms with Crippen LogP contribution in [-0.4, -0.2) is 61.9 Å². The zero-order valence-electron chi connectivity index (χ0n) is 15.0. The van der Waals surface area contributed by atoms with Crippen molar-refractivity contribution < 1.29 is 22.7 Å². The summed E-state index contributed by atoms with van der Waals surface area (Å²) in [5.74, 6) is 0.317. The van der Waals surface area contributed by atoms with Crippen LogP contribution in [0.5, 0.6) is 5.75 Å². The number of carbonyl (C=O) groups is 2. The van der Waals surface area contributed by atoms with Gasteiger partial charge in [-0.05, 0) is 38.5 Å². The van der Waals surface area contributed by atoms with Gasteiger partial charge in [0.1, 0.15) is 11.8 Å². The Bertz CT molecular complexity index is 839. The van der Waals surface area contributed by atoms with E-state index in [1.165, 1.54) is 4.90 Å². The van der Waals surface area contributed by atoms with E-state index in [1.807, 2.05) is 0 Å². The lowest BCUT2D eigenvalue weighted by Crippen LogP contribution is -2.45. The van der Waals surface area contributed by atoms with Gasteiger partial charge in [0.2, 0.25) is 5.91 Å². The van der Waals surface area contributed by atoms with Gasteiger partial charge in [0.25, 0.3) is 5.91 Å². The minimum atomic E-state index is -3.05. The van der Waals surface area contributed by atoms with Gasteiger partial charge in [-0.25, -0.2) is 8.42 Å². The van der Waals surface area contributed by atoms with Crippen molar-refractivity contribution in [2.45, 2.75) is 38.5 Å². The van der Waals surface area contributed by atoms with E-state index in [0.29, 0.717) is 23.5 Å². The molecular formula is C17H23N3O5S. The standard InChI is InChI=1S/C17H23N3O5S/c1-10(17(22)20(3)13-6-7-26(23,24)9-13)18-12-4-5-15-14(8-12)19-16(21)11(2)25-15/h4-5,8,10-11,13,18H,6-7,9H2,1-3H3,(H,19,21). The van der Waals surface area contributed by atoms with Crippen LogP contribution in [0.25, 0.3) is 0 Å². The van der Waals surface area contributed by atoms with Crippen LogP contribution < -0.4 is 15.4 Å². The Morgan fingerprint density at radius 3 is 2.81 bits per heavy atom. The fourth-order valence-electron chi connectivity index (χ4n) is 3.18. The van der Waals surface area contributed by atoms with E-state index < -0.39 is 22.0 Å². The summed E-state index contributed by atoms with van der Waals surface area (Å²) >= 11 is 0. The summed E-state index contributed by atoms with van der Waals surface area (Å²) in [7, 11) is -1.41. The molecule has 0 aliphatic carbocycles. The zero-order valence-corrected chi connectivity index (χ0v) is 15.8. The first-order chi connectivity index (χ1) is 12.2. The van der Waals surface area contributed by atoms with E-state index in [0.717, 1.165) is 0 Å². The molecule has 1 saturated heterocycles. The summed E-state index contributed by atoms with van der Waals surface area (Å²) in [6, 6.07) is 4.39. The first-order valence-electron chi connectivity index (χ1n) is 8.51. The van der Waals surface area contributed by atoms with Crippen LogP contribution in [0, 0.1) is 0 Å². The van der Waals surface area contributed by atoms with Gasteiger partial charge in [0, 0.05) is 18.8 Å². The summed E-state index contributed by atoms with van der Waals surface area (Å²) in [4.78, 5) is 25.8. The van der Waals surface area contributed by atoms with Crippen molar-refractivity contribution in [1.29, 1.82) is 0 Å². The quantitative estimate of drug-likeness (QED) is 0.801. The zero-order chi connectivity index (χ0) is 19.1. The molecule has 2 aliphatic rings. The van der Waals surface area contributed by atoms with Crippen molar-refractivity contribution in [2.75, 3.05) is 29.2 Å². The normalized spacial score (nSPS) is 24.8. The number of benzene rings is 1. The van der Waals surface area contributed by atoms with Crippen LogP contribution >= 0.6 is 0 Å². The van der Waals surface area contributed by atoms with Gasteiger partial charge in [-0.2, -0.15) is 0 Å². The van der Waals surface area contributed by atoms with Crippen LogP contribution in [0.3, 0.4) is 0 Å². The number of ether oxygens (including phenoxy) is 1. The van der Waals surface area contributed by atoms with Crippen LogP contribution in [0.2, 0.25) is 0 Å². The molecule has 0 saturated carbocycles. The minimum absolute atomic E-state index is 0.0162. The lowest BCUT2D eigenvalue weighted by atomic mass is 10.1. The SMILES string of the molecule is CC(Nc1ccc2c(c1)NC(=O)C(C)O2)C(=O)N(C)C1CCS(=O)(=O)C1. The van der Waals surface area contributed by atoms with Crippen molar-refractivity contribution >= 4 is 33.0 Å². The van der Waals surface area contributed by atoms with Crippen molar-refractivity contribution in [2.24, 2.45) is 0 Å². The molecule has 9 heteroatoms. The maximum Gasteiger partial charge on any atom is 0.265 e. The molecule has 26 heavy (non-hydrogen) atoms. The van der Waals surface area contributed by atoms with Gasteiger partial charge in [0.15, 0.2) is 15.9 Å². The topological polar surface area (TPSA) is 105 Å². The number of nitrogens with zero attached hydrogens (tertiary/aromatic N) is 1. The second-order valence-electron chi connectivity index (χ2n) is 6.83. The molecule has 2 heterocycles. The lowest BCUT2D eigenvalue weighted by molar-refractivity contribution is -0.132. The highest BCUT2D eigenvalue weighted by Gasteiger charge is 2.34. The molecule has 0 spiro atoms. The molecule has 3 rings (SSSR count). The smallest absolute Gasteiger partial charge is 0.265 e. The molecule has 142 valence electrons. The molecule has 1 aromatic carbocycles. The van der Waals surface area contributed by atoms with E-state index >= 15 is 0 Å². The molecule has 0 radical (unpaired) electrons. The molecular weight excluding hydrogens is 358 g/mol. The van der Waals surface area contributed by atoms with Crippen LogP contribution in [0.1, 0.15) is 20.3 Å². The first kappa shape index (κ1) is 18.5. The molecule has 3 atom stereocenters. The summed E-state index contributed by atoms with van der Waals surface area (Å²) in [6.45, 7) is 3.39.